The fourth-order valence-corrected chi connectivity index (χ4v) is 4.49. The van der Waals surface area contributed by atoms with Gasteiger partial charge in [-0.1, -0.05) is 66.2 Å². The van der Waals surface area contributed by atoms with Crippen molar-refractivity contribution in [3.63, 3.8) is 0 Å². The second-order valence-corrected chi connectivity index (χ2v) is 9.37. The first-order valence-corrected chi connectivity index (χ1v) is 12.1. The molecule has 37 heavy (non-hydrogen) atoms. The Kier molecular flexibility index (Phi) is 6.43. The molecule has 1 aliphatic rings. The van der Waals surface area contributed by atoms with Crippen molar-refractivity contribution in [2.75, 3.05) is 5.32 Å². The van der Waals surface area contributed by atoms with Crippen LogP contribution in [-0.4, -0.2) is 26.9 Å². The van der Waals surface area contributed by atoms with Crippen molar-refractivity contribution in [3.05, 3.63) is 101 Å². The minimum Gasteiger partial charge on any atom is -0.481 e. The lowest BCUT2D eigenvalue weighted by Crippen LogP contribution is -2.20. The first kappa shape index (κ1) is 24.5. The number of nitrogens with zero attached hydrogens (tertiary/aromatic N) is 2. The van der Waals surface area contributed by atoms with Crippen LogP contribution in [0.4, 0.5) is 15.0 Å². The number of carboxylic acids is 1. The molecular weight excluding hydrogens is 497 g/mol. The highest BCUT2D eigenvalue weighted by atomic mass is 35.5. The molecule has 1 aromatic heterocycles. The highest BCUT2D eigenvalue weighted by Crippen LogP contribution is 2.49. The largest absolute Gasteiger partial charge is 0.481 e. The molecule has 1 atom stereocenters. The normalized spacial score (nSPS) is 14.6. The molecule has 0 radical (unpaired) electrons. The molecule has 2 N–H and O–H groups in total. The Labute approximate surface area is 217 Å². The number of aliphatic carboxylic acids is 1. The molecule has 0 saturated heterocycles. The predicted octanol–water partition coefficient (Wildman–Crippen LogP) is 6.76. The van der Waals surface area contributed by atoms with Crippen molar-refractivity contribution in [1.82, 2.24) is 9.78 Å². The van der Waals surface area contributed by atoms with Gasteiger partial charge in [0.05, 0.1) is 17.3 Å². The zero-order valence-corrected chi connectivity index (χ0v) is 20.6. The van der Waals surface area contributed by atoms with Gasteiger partial charge >= 0.3 is 12.1 Å². The van der Waals surface area contributed by atoms with Crippen LogP contribution in [-0.2, 0) is 14.9 Å². The summed E-state index contributed by atoms with van der Waals surface area (Å²) in [5.74, 6) is -1.28. The fraction of sp³-hybridized carbons (Fsp3) is 0.179. The number of hydrogen-bond donors (Lipinski definition) is 2. The van der Waals surface area contributed by atoms with Gasteiger partial charge in [-0.25, -0.2) is 13.9 Å². The lowest BCUT2D eigenvalue weighted by atomic mass is 9.93. The summed E-state index contributed by atoms with van der Waals surface area (Å²) in [6, 6.07) is 21.1. The molecule has 3 aromatic carbocycles. The van der Waals surface area contributed by atoms with E-state index in [1.807, 2.05) is 30.3 Å². The first-order valence-electron chi connectivity index (χ1n) is 11.7. The second kappa shape index (κ2) is 9.71. The molecule has 188 valence electrons. The standard InChI is InChI=1S/C28H23ClFN3O4/c1-17(18-5-3-2-4-6-18)37-27(36)32-25-23(29)16-31-33(25)21-10-7-19(8-11-21)20-9-12-22(24(30)15-20)28(13-14-28)26(34)35/h2-12,15-17H,13-14H2,1H3,(H,32,36)(H,34,35). The maximum Gasteiger partial charge on any atom is 0.413 e. The van der Waals surface area contributed by atoms with Crippen LogP contribution in [0.15, 0.2) is 79.0 Å². The Morgan fingerprint density at radius 3 is 2.38 bits per heavy atom. The van der Waals surface area contributed by atoms with Crippen LogP contribution in [0.25, 0.3) is 16.8 Å². The van der Waals surface area contributed by atoms with E-state index in [9.17, 15) is 19.1 Å². The average molecular weight is 520 g/mol. The number of amides is 1. The summed E-state index contributed by atoms with van der Waals surface area (Å²) in [4.78, 5) is 24.1. The van der Waals surface area contributed by atoms with Gasteiger partial charge in [0.2, 0.25) is 0 Å². The van der Waals surface area contributed by atoms with Crippen molar-refractivity contribution in [1.29, 1.82) is 0 Å². The molecule has 1 heterocycles. The number of ether oxygens (including phenoxy) is 1. The number of benzene rings is 3. The van der Waals surface area contributed by atoms with Crippen molar-refractivity contribution < 1.29 is 23.8 Å². The van der Waals surface area contributed by atoms with E-state index in [-0.39, 0.29) is 16.4 Å². The molecule has 0 aliphatic heterocycles. The number of carbonyl (C=O) groups is 2. The van der Waals surface area contributed by atoms with Crippen molar-refractivity contribution in [2.45, 2.75) is 31.3 Å². The molecule has 1 saturated carbocycles. The fourth-order valence-electron chi connectivity index (χ4n) is 4.32. The van der Waals surface area contributed by atoms with Gasteiger partial charge in [-0.2, -0.15) is 5.10 Å². The lowest BCUT2D eigenvalue weighted by Gasteiger charge is -2.15. The molecule has 7 nitrogen and oxygen atoms in total. The van der Waals surface area contributed by atoms with E-state index in [0.29, 0.717) is 24.1 Å². The molecule has 0 bridgehead atoms. The Balaban J connectivity index is 1.33. The van der Waals surface area contributed by atoms with Crippen molar-refractivity contribution in [2.24, 2.45) is 0 Å². The van der Waals surface area contributed by atoms with E-state index in [2.05, 4.69) is 10.4 Å². The average Bonchev–Trinajstić information content (AvgIpc) is 3.63. The Morgan fingerprint density at radius 2 is 1.76 bits per heavy atom. The molecule has 1 aliphatic carbocycles. The van der Waals surface area contributed by atoms with Crippen LogP contribution >= 0.6 is 11.6 Å². The van der Waals surface area contributed by atoms with Crippen LogP contribution < -0.4 is 5.32 Å². The first-order chi connectivity index (χ1) is 17.8. The third-order valence-corrected chi connectivity index (χ3v) is 6.86. The van der Waals surface area contributed by atoms with E-state index >= 15 is 0 Å². The van der Waals surface area contributed by atoms with Gasteiger partial charge in [0.15, 0.2) is 5.82 Å². The minimum absolute atomic E-state index is 0.218. The predicted molar refractivity (Wildman–Crippen MR) is 137 cm³/mol. The molecule has 1 unspecified atom stereocenters. The second-order valence-electron chi connectivity index (χ2n) is 8.96. The van der Waals surface area contributed by atoms with Crippen molar-refractivity contribution in [3.8, 4) is 16.8 Å². The topological polar surface area (TPSA) is 93.5 Å². The minimum atomic E-state index is -1.10. The summed E-state index contributed by atoms with van der Waals surface area (Å²) in [5.41, 5.74) is 1.93. The maximum absolute atomic E-state index is 14.8. The number of carboxylic acid groups (broad SMARTS) is 1. The van der Waals surface area contributed by atoms with Crippen molar-refractivity contribution >= 4 is 29.5 Å². The number of rotatable bonds is 7. The van der Waals surface area contributed by atoms with E-state index < -0.39 is 29.4 Å². The molecule has 1 fully saturated rings. The Hall–Kier alpha value is -4.17. The molecule has 4 aromatic rings. The zero-order chi connectivity index (χ0) is 26.2. The zero-order valence-electron chi connectivity index (χ0n) is 19.8. The number of anilines is 1. The molecule has 1 amide bonds. The third kappa shape index (κ3) is 4.80. The van der Waals surface area contributed by atoms with Gasteiger partial charge in [-0.3, -0.25) is 10.1 Å². The van der Waals surface area contributed by atoms with Crippen LogP contribution in [0.2, 0.25) is 5.02 Å². The van der Waals surface area contributed by atoms with Crippen LogP contribution in [0.3, 0.4) is 0 Å². The van der Waals surface area contributed by atoms with Gasteiger partial charge in [0.25, 0.3) is 0 Å². The molecule has 0 spiro atoms. The van der Waals surface area contributed by atoms with E-state index in [0.717, 1.165) is 11.1 Å². The van der Waals surface area contributed by atoms with E-state index in [1.165, 1.54) is 16.9 Å². The lowest BCUT2D eigenvalue weighted by molar-refractivity contribution is -0.140. The summed E-state index contributed by atoms with van der Waals surface area (Å²) < 4.78 is 21.7. The monoisotopic (exact) mass is 519 g/mol. The van der Waals surface area contributed by atoms with Gasteiger partial charge in [-0.05, 0) is 54.7 Å². The highest BCUT2D eigenvalue weighted by molar-refractivity contribution is 6.33. The summed E-state index contributed by atoms with van der Waals surface area (Å²) in [7, 11) is 0. The maximum atomic E-state index is 14.8. The number of halogens is 2. The van der Waals surface area contributed by atoms with Gasteiger partial charge in [0.1, 0.15) is 16.9 Å². The highest BCUT2D eigenvalue weighted by Gasteiger charge is 2.53. The summed E-state index contributed by atoms with van der Waals surface area (Å²) in [6.07, 6.45) is 1.15. The smallest absolute Gasteiger partial charge is 0.413 e. The quantitative estimate of drug-likeness (QED) is 0.281. The van der Waals surface area contributed by atoms with Crippen LogP contribution in [0, 0.1) is 5.82 Å². The van der Waals surface area contributed by atoms with E-state index in [1.54, 1.807) is 43.3 Å². The molecular formula is C28H23ClFN3O4. The van der Waals surface area contributed by atoms with Gasteiger partial charge < -0.3 is 9.84 Å². The van der Waals surface area contributed by atoms with Gasteiger partial charge in [-0.15, -0.1) is 0 Å². The third-order valence-electron chi connectivity index (χ3n) is 6.59. The summed E-state index contributed by atoms with van der Waals surface area (Å²) >= 11 is 6.28. The number of hydrogen-bond acceptors (Lipinski definition) is 4. The number of nitrogens with one attached hydrogen (secondary N) is 1. The summed E-state index contributed by atoms with van der Waals surface area (Å²) in [6.45, 7) is 1.77. The van der Waals surface area contributed by atoms with E-state index in [4.69, 9.17) is 16.3 Å². The number of aromatic nitrogens is 2. The van der Waals surface area contributed by atoms with Crippen LogP contribution in [0.5, 0.6) is 0 Å². The molecule has 5 rings (SSSR count). The molecule has 9 heteroatoms. The van der Waals surface area contributed by atoms with Crippen LogP contribution in [0.1, 0.15) is 37.0 Å². The SMILES string of the molecule is CC(OC(=O)Nc1c(Cl)cnn1-c1ccc(-c2ccc(C3(C(=O)O)CC3)c(F)c2)cc1)c1ccccc1. The Morgan fingerprint density at radius 1 is 1.08 bits per heavy atom. The number of carbonyl (C=O) groups excluding carboxylic acids is 1. The summed E-state index contributed by atoms with van der Waals surface area (Å²) in [5, 5.41) is 16.6. The van der Waals surface area contributed by atoms with Gasteiger partial charge in [0, 0.05) is 5.56 Å². The Bertz CT molecular complexity index is 1470.